The second-order valence-electron chi connectivity index (χ2n) is 7.10. The molecule has 0 amide bonds. The predicted molar refractivity (Wildman–Crippen MR) is 85.7 cm³/mol. The highest BCUT2D eigenvalue weighted by Crippen LogP contribution is 2.49. The van der Waals surface area contributed by atoms with Crippen LogP contribution in [0, 0.1) is 6.92 Å². The molecule has 20 heavy (non-hydrogen) atoms. The average molecular weight is 272 g/mol. The van der Waals surface area contributed by atoms with Crippen LogP contribution in [0.4, 0.5) is 0 Å². The maximum Gasteiger partial charge on any atom is 0.160 e. The molecule has 0 fully saturated rings. The minimum Gasteiger partial charge on any atom is -0.295 e. The number of rotatable bonds is 3. The maximum atomic E-state index is 11.9. The fourth-order valence-electron chi connectivity index (χ4n) is 3.64. The summed E-state index contributed by atoms with van der Waals surface area (Å²) in [4.78, 5) is 11.9. The Hall–Kier alpha value is -1.11. The van der Waals surface area contributed by atoms with Crippen LogP contribution in [0.3, 0.4) is 0 Å². The first kappa shape index (κ1) is 15.3. The van der Waals surface area contributed by atoms with E-state index in [0.717, 1.165) is 17.5 Å². The number of ketones is 1. The molecule has 0 saturated carbocycles. The number of carbonyl (C=O) groups is 1. The van der Waals surface area contributed by atoms with Gasteiger partial charge in [0, 0.05) is 5.56 Å². The van der Waals surface area contributed by atoms with Crippen LogP contribution in [0.5, 0.6) is 0 Å². The summed E-state index contributed by atoms with van der Waals surface area (Å²) in [5.41, 5.74) is 5.44. The number of aryl methyl sites for hydroxylation is 1. The largest absolute Gasteiger partial charge is 0.295 e. The summed E-state index contributed by atoms with van der Waals surface area (Å²) in [6.45, 7) is 13.1. The van der Waals surface area contributed by atoms with Crippen LogP contribution in [0.2, 0.25) is 0 Å². The van der Waals surface area contributed by atoms with Crippen molar-refractivity contribution in [1.82, 2.24) is 0 Å². The van der Waals surface area contributed by atoms with Crippen molar-refractivity contribution in [3.63, 3.8) is 0 Å². The molecule has 0 heterocycles. The summed E-state index contributed by atoms with van der Waals surface area (Å²) in [5.74, 6) is 0.188. The van der Waals surface area contributed by atoms with E-state index in [1.54, 1.807) is 6.92 Å². The highest BCUT2D eigenvalue weighted by Gasteiger charge is 2.40. The van der Waals surface area contributed by atoms with Gasteiger partial charge in [0.2, 0.25) is 0 Å². The normalized spacial score (nSPS) is 29.1. The summed E-state index contributed by atoms with van der Waals surface area (Å²) >= 11 is 0. The Kier molecular flexibility index (Phi) is 3.83. The number of carbonyl (C=O) groups excluding carboxylic acids is 1. The first-order valence-electron chi connectivity index (χ1n) is 7.94. The fourth-order valence-corrected chi connectivity index (χ4v) is 3.64. The van der Waals surface area contributed by atoms with E-state index in [1.807, 2.05) is 0 Å². The molecule has 2 rings (SSSR count). The lowest BCUT2D eigenvalue weighted by atomic mass is 9.59. The van der Waals surface area contributed by atoms with E-state index in [0.29, 0.717) is 0 Å². The number of benzene rings is 1. The van der Waals surface area contributed by atoms with E-state index in [4.69, 9.17) is 0 Å². The van der Waals surface area contributed by atoms with Crippen LogP contribution < -0.4 is 0 Å². The Morgan fingerprint density at radius 1 is 1.05 bits per heavy atom. The molecule has 0 radical (unpaired) electrons. The number of hydrogen-bond donors (Lipinski definition) is 0. The standard InChI is InChI=1S/C19H28O/c1-7-18(5)9-10-19(6,8-2)17-12-15(14(4)20)13(3)11-16(17)18/h11-12H,7-10H2,1-6H3. The van der Waals surface area contributed by atoms with Crippen LogP contribution in [0.25, 0.3) is 0 Å². The van der Waals surface area contributed by atoms with Crippen molar-refractivity contribution in [2.75, 3.05) is 0 Å². The van der Waals surface area contributed by atoms with Crippen molar-refractivity contribution in [1.29, 1.82) is 0 Å². The molecule has 1 aliphatic carbocycles. The van der Waals surface area contributed by atoms with Gasteiger partial charge in [-0.25, -0.2) is 0 Å². The van der Waals surface area contributed by atoms with E-state index >= 15 is 0 Å². The third-order valence-corrected chi connectivity index (χ3v) is 5.83. The zero-order chi connectivity index (χ0) is 15.1. The highest BCUT2D eigenvalue weighted by atomic mass is 16.1. The van der Waals surface area contributed by atoms with Gasteiger partial charge in [-0.1, -0.05) is 33.8 Å². The first-order valence-corrected chi connectivity index (χ1v) is 7.94. The van der Waals surface area contributed by atoms with Gasteiger partial charge in [0.25, 0.3) is 0 Å². The molecule has 1 heteroatoms. The molecule has 2 atom stereocenters. The summed E-state index contributed by atoms with van der Waals surface area (Å²) in [7, 11) is 0. The lowest BCUT2D eigenvalue weighted by Gasteiger charge is -2.45. The SMILES string of the molecule is CCC1(C)CCC(C)(CC)c2cc(C(C)=O)c(C)cc21. The van der Waals surface area contributed by atoms with Gasteiger partial charge in [-0.2, -0.15) is 0 Å². The van der Waals surface area contributed by atoms with Crippen molar-refractivity contribution in [2.45, 2.75) is 78.1 Å². The second kappa shape index (κ2) is 5.02. The van der Waals surface area contributed by atoms with Crippen LogP contribution >= 0.6 is 0 Å². The van der Waals surface area contributed by atoms with Gasteiger partial charge in [0.15, 0.2) is 5.78 Å². The molecular formula is C19H28O. The van der Waals surface area contributed by atoms with Crippen molar-refractivity contribution in [3.05, 3.63) is 34.4 Å². The van der Waals surface area contributed by atoms with Crippen molar-refractivity contribution in [3.8, 4) is 0 Å². The lowest BCUT2D eigenvalue weighted by Crippen LogP contribution is -2.37. The molecular weight excluding hydrogens is 244 g/mol. The second-order valence-corrected chi connectivity index (χ2v) is 7.10. The Morgan fingerprint density at radius 3 is 1.90 bits per heavy atom. The first-order chi connectivity index (χ1) is 9.27. The van der Waals surface area contributed by atoms with Crippen molar-refractivity contribution in [2.24, 2.45) is 0 Å². The Balaban J connectivity index is 2.73. The molecule has 0 bridgehead atoms. The van der Waals surface area contributed by atoms with Crippen molar-refractivity contribution < 1.29 is 4.79 Å². The van der Waals surface area contributed by atoms with Gasteiger partial charge < -0.3 is 0 Å². The maximum absolute atomic E-state index is 11.9. The molecule has 0 spiro atoms. The third kappa shape index (κ3) is 2.21. The van der Waals surface area contributed by atoms with Crippen LogP contribution in [0.15, 0.2) is 12.1 Å². The lowest BCUT2D eigenvalue weighted by molar-refractivity contribution is 0.101. The van der Waals surface area contributed by atoms with E-state index in [-0.39, 0.29) is 16.6 Å². The Labute approximate surface area is 123 Å². The average Bonchev–Trinajstić information content (AvgIpc) is 2.42. The van der Waals surface area contributed by atoms with Crippen molar-refractivity contribution >= 4 is 5.78 Å². The zero-order valence-corrected chi connectivity index (χ0v) is 13.9. The molecule has 110 valence electrons. The highest BCUT2D eigenvalue weighted by molar-refractivity contribution is 5.96. The van der Waals surface area contributed by atoms with E-state index in [1.165, 1.54) is 30.4 Å². The quantitative estimate of drug-likeness (QED) is 0.680. The molecule has 1 nitrogen and oxygen atoms in total. The molecule has 0 N–H and O–H groups in total. The van der Waals surface area contributed by atoms with E-state index in [2.05, 4.69) is 46.8 Å². The van der Waals surface area contributed by atoms with Crippen LogP contribution in [-0.4, -0.2) is 5.78 Å². The monoisotopic (exact) mass is 272 g/mol. The summed E-state index contributed by atoms with van der Waals surface area (Å²) < 4.78 is 0. The number of fused-ring (bicyclic) bond motifs is 1. The zero-order valence-electron chi connectivity index (χ0n) is 13.9. The smallest absolute Gasteiger partial charge is 0.160 e. The molecule has 0 saturated heterocycles. The van der Waals surface area contributed by atoms with Gasteiger partial charge >= 0.3 is 0 Å². The molecule has 0 aliphatic heterocycles. The van der Waals surface area contributed by atoms with Gasteiger partial charge in [-0.05, 0) is 73.1 Å². The summed E-state index contributed by atoms with van der Waals surface area (Å²) in [6, 6.07) is 4.49. The van der Waals surface area contributed by atoms with Gasteiger partial charge in [0.1, 0.15) is 0 Å². The topological polar surface area (TPSA) is 17.1 Å². The van der Waals surface area contributed by atoms with Gasteiger partial charge in [-0.3, -0.25) is 4.79 Å². The summed E-state index contributed by atoms with van der Waals surface area (Å²) in [5, 5.41) is 0. The Morgan fingerprint density at radius 2 is 1.50 bits per heavy atom. The van der Waals surface area contributed by atoms with Gasteiger partial charge in [-0.15, -0.1) is 0 Å². The van der Waals surface area contributed by atoms with Crippen LogP contribution in [0.1, 0.15) is 87.4 Å². The summed E-state index contributed by atoms with van der Waals surface area (Å²) in [6.07, 6.45) is 4.78. The molecule has 1 aromatic carbocycles. The molecule has 0 aromatic heterocycles. The number of Topliss-reactive ketones (excluding diaryl/α,β-unsaturated/α-hetero) is 1. The predicted octanol–water partition coefficient (Wildman–Crippen LogP) is 5.33. The minimum atomic E-state index is 0.188. The molecule has 1 aliphatic rings. The molecule has 2 unspecified atom stereocenters. The molecule has 1 aromatic rings. The minimum absolute atomic E-state index is 0.188. The van der Waals surface area contributed by atoms with Crippen LogP contribution in [-0.2, 0) is 10.8 Å². The number of hydrogen-bond acceptors (Lipinski definition) is 1. The van der Waals surface area contributed by atoms with E-state index in [9.17, 15) is 4.79 Å². The Bertz CT molecular complexity index is 543. The van der Waals surface area contributed by atoms with Gasteiger partial charge in [0.05, 0.1) is 0 Å². The third-order valence-electron chi connectivity index (χ3n) is 5.83. The van der Waals surface area contributed by atoms with E-state index < -0.39 is 0 Å². The fraction of sp³-hybridized carbons (Fsp3) is 0.632.